The van der Waals surface area contributed by atoms with Crippen LogP contribution in [0.25, 0.3) is 0 Å². The molecule has 0 aromatic heterocycles. The van der Waals surface area contributed by atoms with E-state index in [9.17, 15) is 4.39 Å². The lowest BCUT2D eigenvalue weighted by Crippen LogP contribution is -2.37. The number of nitrogens with zero attached hydrogens (tertiary/aromatic N) is 1. The lowest BCUT2D eigenvalue weighted by atomic mass is 10.1. The third-order valence-electron chi connectivity index (χ3n) is 3.85. The summed E-state index contributed by atoms with van der Waals surface area (Å²) < 4.78 is 18.7. The lowest BCUT2D eigenvalue weighted by molar-refractivity contribution is 0.0646. The number of guanidine groups is 1. The zero-order valence-corrected chi connectivity index (χ0v) is 14.8. The largest absolute Gasteiger partial charge is 0.374 e. The van der Waals surface area contributed by atoms with Gasteiger partial charge in [0.2, 0.25) is 0 Å². The molecule has 0 saturated heterocycles. The molecule has 0 bridgehead atoms. The van der Waals surface area contributed by atoms with Crippen molar-refractivity contribution >= 4 is 5.96 Å². The van der Waals surface area contributed by atoms with Gasteiger partial charge in [0.05, 0.1) is 6.10 Å². The van der Waals surface area contributed by atoms with Crippen LogP contribution in [0.1, 0.15) is 30.6 Å². The van der Waals surface area contributed by atoms with Gasteiger partial charge in [-0.2, -0.15) is 0 Å². The van der Waals surface area contributed by atoms with Crippen LogP contribution < -0.4 is 10.6 Å². The smallest absolute Gasteiger partial charge is 0.191 e. The minimum atomic E-state index is -0.226. The first-order valence-corrected chi connectivity index (χ1v) is 8.54. The summed E-state index contributed by atoms with van der Waals surface area (Å²) in [5.74, 6) is 0.497. The van der Waals surface area contributed by atoms with Gasteiger partial charge in [-0.25, -0.2) is 4.39 Å². The molecule has 0 aliphatic rings. The topological polar surface area (TPSA) is 45.7 Å². The molecule has 0 radical (unpaired) electrons. The molecule has 2 N–H and O–H groups in total. The highest BCUT2D eigenvalue weighted by Gasteiger charge is 2.04. The van der Waals surface area contributed by atoms with Gasteiger partial charge in [0.25, 0.3) is 0 Å². The second kappa shape index (κ2) is 10.5. The maximum Gasteiger partial charge on any atom is 0.191 e. The SMILES string of the molecule is CN=C(NCCCOC(C)c1ccccc1)NCc1ccc(F)cc1. The third-order valence-corrected chi connectivity index (χ3v) is 3.85. The van der Waals surface area contributed by atoms with E-state index in [1.807, 2.05) is 18.2 Å². The predicted octanol–water partition coefficient (Wildman–Crippen LogP) is 3.66. The van der Waals surface area contributed by atoms with E-state index in [0.717, 1.165) is 24.5 Å². The van der Waals surface area contributed by atoms with E-state index < -0.39 is 0 Å². The highest BCUT2D eigenvalue weighted by atomic mass is 19.1. The first-order chi connectivity index (χ1) is 12.2. The van der Waals surface area contributed by atoms with Crippen molar-refractivity contribution in [1.82, 2.24) is 10.6 Å². The van der Waals surface area contributed by atoms with Crippen LogP contribution in [0, 0.1) is 5.82 Å². The van der Waals surface area contributed by atoms with Crippen molar-refractivity contribution < 1.29 is 9.13 Å². The highest BCUT2D eigenvalue weighted by molar-refractivity contribution is 5.79. The van der Waals surface area contributed by atoms with Crippen molar-refractivity contribution in [2.45, 2.75) is 26.0 Å². The Morgan fingerprint density at radius 3 is 2.48 bits per heavy atom. The standard InChI is InChI=1S/C20H26FN3O/c1-16(18-7-4-3-5-8-18)25-14-6-13-23-20(22-2)24-15-17-9-11-19(21)12-10-17/h3-5,7-12,16H,6,13-15H2,1-2H3,(H2,22,23,24). The van der Waals surface area contributed by atoms with Gasteiger partial charge in [0.1, 0.15) is 5.82 Å². The van der Waals surface area contributed by atoms with Gasteiger partial charge in [-0.15, -0.1) is 0 Å². The van der Waals surface area contributed by atoms with E-state index in [-0.39, 0.29) is 11.9 Å². The molecule has 0 fully saturated rings. The number of rotatable bonds is 8. The van der Waals surface area contributed by atoms with Crippen LogP contribution in [0.4, 0.5) is 4.39 Å². The minimum absolute atomic E-state index is 0.0945. The van der Waals surface area contributed by atoms with Crippen LogP contribution in [0.5, 0.6) is 0 Å². The maximum absolute atomic E-state index is 12.9. The monoisotopic (exact) mass is 343 g/mol. The molecule has 0 spiro atoms. The molecule has 2 rings (SSSR count). The van der Waals surface area contributed by atoms with E-state index in [1.54, 1.807) is 19.2 Å². The summed E-state index contributed by atoms with van der Waals surface area (Å²) >= 11 is 0. The Kier molecular flexibility index (Phi) is 7.92. The Morgan fingerprint density at radius 2 is 1.80 bits per heavy atom. The third kappa shape index (κ3) is 6.93. The zero-order valence-electron chi connectivity index (χ0n) is 14.8. The van der Waals surface area contributed by atoms with Gasteiger partial charge < -0.3 is 15.4 Å². The molecule has 4 nitrogen and oxygen atoms in total. The minimum Gasteiger partial charge on any atom is -0.374 e. The molecular formula is C20H26FN3O. The quantitative estimate of drug-likeness (QED) is 0.437. The van der Waals surface area contributed by atoms with Gasteiger partial charge in [-0.3, -0.25) is 4.99 Å². The summed E-state index contributed by atoms with van der Waals surface area (Å²) in [6.45, 7) is 4.11. The number of hydrogen-bond donors (Lipinski definition) is 2. The number of aliphatic imine (C=N–C) groups is 1. The second-order valence-corrected chi connectivity index (χ2v) is 5.76. The van der Waals surface area contributed by atoms with Crippen molar-refractivity contribution in [3.05, 3.63) is 71.5 Å². The van der Waals surface area contributed by atoms with E-state index >= 15 is 0 Å². The molecule has 0 amide bonds. The van der Waals surface area contributed by atoms with Crippen molar-refractivity contribution in [1.29, 1.82) is 0 Å². The summed E-state index contributed by atoms with van der Waals surface area (Å²) in [5.41, 5.74) is 2.19. The molecule has 0 aliphatic carbocycles. The van der Waals surface area contributed by atoms with Crippen LogP contribution in [0.2, 0.25) is 0 Å². The normalized spacial score (nSPS) is 12.7. The van der Waals surface area contributed by atoms with Crippen LogP contribution in [0.15, 0.2) is 59.6 Å². The van der Waals surface area contributed by atoms with Crippen LogP contribution in [-0.2, 0) is 11.3 Å². The molecule has 134 valence electrons. The lowest BCUT2D eigenvalue weighted by Gasteiger charge is -2.15. The molecule has 1 unspecified atom stereocenters. The van der Waals surface area contributed by atoms with Gasteiger partial charge >= 0.3 is 0 Å². The van der Waals surface area contributed by atoms with Crippen molar-refractivity contribution in [3.8, 4) is 0 Å². The van der Waals surface area contributed by atoms with Crippen molar-refractivity contribution in [3.63, 3.8) is 0 Å². The van der Waals surface area contributed by atoms with Crippen LogP contribution in [0.3, 0.4) is 0 Å². The van der Waals surface area contributed by atoms with Crippen molar-refractivity contribution in [2.24, 2.45) is 4.99 Å². The van der Waals surface area contributed by atoms with E-state index in [0.29, 0.717) is 13.2 Å². The summed E-state index contributed by atoms with van der Waals surface area (Å²) in [6, 6.07) is 16.6. The Hall–Kier alpha value is -2.40. The summed E-state index contributed by atoms with van der Waals surface area (Å²) in [6.07, 6.45) is 0.978. The van der Waals surface area contributed by atoms with Gasteiger partial charge in [0.15, 0.2) is 5.96 Å². The molecule has 0 saturated carbocycles. The summed E-state index contributed by atoms with van der Waals surface area (Å²) in [7, 11) is 1.73. The maximum atomic E-state index is 12.9. The Balaban J connectivity index is 1.62. The number of benzene rings is 2. The zero-order chi connectivity index (χ0) is 17.9. The number of nitrogens with one attached hydrogen (secondary N) is 2. The molecule has 0 aliphatic heterocycles. The van der Waals surface area contributed by atoms with E-state index in [1.165, 1.54) is 17.7 Å². The van der Waals surface area contributed by atoms with Gasteiger partial charge in [0, 0.05) is 26.7 Å². The Labute approximate surface area is 149 Å². The highest BCUT2D eigenvalue weighted by Crippen LogP contribution is 2.15. The fourth-order valence-electron chi connectivity index (χ4n) is 2.37. The Morgan fingerprint density at radius 1 is 1.08 bits per heavy atom. The molecule has 1 atom stereocenters. The molecule has 5 heteroatoms. The Bertz CT molecular complexity index is 644. The molecular weight excluding hydrogens is 317 g/mol. The first kappa shape index (κ1) is 18.9. The summed E-state index contributed by atoms with van der Waals surface area (Å²) in [5, 5.41) is 6.46. The second-order valence-electron chi connectivity index (χ2n) is 5.76. The molecule has 2 aromatic carbocycles. The predicted molar refractivity (Wildman–Crippen MR) is 100 cm³/mol. The van der Waals surface area contributed by atoms with E-state index in [2.05, 4.69) is 34.7 Å². The molecule has 25 heavy (non-hydrogen) atoms. The molecule has 2 aromatic rings. The van der Waals surface area contributed by atoms with E-state index in [4.69, 9.17) is 4.74 Å². The first-order valence-electron chi connectivity index (χ1n) is 8.54. The van der Waals surface area contributed by atoms with Crippen molar-refractivity contribution in [2.75, 3.05) is 20.2 Å². The average molecular weight is 343 g/mol. The van der Waals surface area contributed by atoms with Gasteiger partial charge in [-0.1, -0.05) is 42.5 Å². The van der Waals surface area contributed by atoms with Crippen LogP contribution in [-0.4, -0.2) is 26.2 Å². The number of halogens is 1. The van der Waals surface area contributed by atoms with Crippen LogP contribution >= 0.6 is 0 Å². The number of hydrogen-bond acceptors (Lipinski definition) is 2. The fourth-order valence-corrected chi connectivity index (χ4v) is 2.37. The number of ether oxygens (including phenoxy) is 1. The summed E-state index contributed by atoms with van der Waals surface area (Å²) in [4.78, 5) is 4.18. The molecule has 0 heterocycles. The van der Waals surface area contributed by atoms with Gasteiger partial charge in [-0.05, 0) is 36.6 Å². The average Bonchev–Trinajstić information content (AvgIpc) is 2.65. The fraction of sp³-hybridized carbons (Fsp3) is 0.350.